The first-order chi connectivity index (χ1) is 14.7. The van der Waals surface area contributed by atoms with E-state index in [-0.39, 0.29) is 30.8 Å². The Morgan fingerprint density at radius 2 is 1.83 bits per heavy atom. The Morgan fingerprint density at radius 3 is 2.70 bits per heavy atom. The Morgan fingerprint density at radius 1 is 1.03 bits per heavy atom. The second-order valence-electron chi connectivity index (χ2n) is 8.00. The van der Waals surface area contributed by atoms with Gasteiger partial charge in [0, 0.05) is 24.1 Å². The average Bonchev–Trinajstić information content (AvgIpc) is 3.23. The summed E-state index contributed by atoms with van der Waals surface area (Å²) in [5.74, 6) is 1.93. The number of benzene rings is 2. The summed E-state index contributed by atoms with van der Waals surface area (Å²) in [6.07, 6.45) is 4.05. The number of ether oxygens (including phenoxy) is 3. The predicted octanol–water partition coefficient (Wildman–Crippen LogP) is 2.58. The van der Waals surface area contributed by atoms with Crippen LogP contribution in [0.5, 0.6) is 17.2 Å². The highest BCUT2D eigenvalue weighted by molar-refractivity contribution is 6.00. The van der Waals surface area contributed by atoms with Crippen molar-refractivity contribution >= 4 is 11.8 Å². The standard InChI is InChI=1S/C23H24N2O5/c26-22-18-4-2-1-3-14(18)11-19(25-22)23(27)24-15-5-7-16(8-6-15)30-17-9-10-20-21(12-17)29-13-28-20/h1-4,9-10,12,15-16,19H,5-8,11,13H2,(H,24,27)(H,25,26). The minimum absolute atomic E-state index is 0.100. The SMILES string of the molecule is O=C1NC(C(=O)NC2CCC(Oc3ccc4c(c3)OCO4)CC2)Cc2ccccc21. The highest BCUT2D eigenvalue weighted by Crippen LogP contribution is 2.36. The number of fused-ring (bicyclic) bond motifs is 2. The molecule has 2 N–H and O–H groups in total. The maximum absolute atomic E-state index is 12.7. The van der Waals surface area contributed by atoms with Crippen molar-refractivity contribution in [2.45, 2.75) is 50.3 Å². The molecule has 1 aliphatic carbocycles. The van der Waals surface area contributed by atoms with Crippen molar-refractivity contribution in [1.82, 2.24) is 10.6 Å². The van der Waals surface area contributed by atoms with Crippen LogP contribution in [0, 0.1) is 0 Å². The molecule has 1 saturated carbocycles. The second-order valence-corrected chi connectivity index (χ2v) is 8.00. The summed E-state index contributed by atoms with van der Waals surface area (Å²) in [5, 5.41) is 5.94. The van der Waals surface area contributed by atoms with Gasteiger partial charge in [-0.25, -0.2) is 0 Å². The highest BCUT2D eigenvalue weighted by Gasteiger charge is 2.31. The molecule has 2 aromatic carbocycles. The number of nitrogens with one attached hydrogen (secondary N) is 2. The molecule has 0 radical (unpaired) electrons. The van der Waals surface area contributed by atoms with Crippen molar-refractivity contribution in [2.24, 2.45) is 0 Å². The van der Waals surface area contributed by atoms with E-state index in [9.17, 15) is 9.59 Å². The molecule has 3 aliphatic rings. The quantitative estimate of drug-likeness (QED) is 0.812. The fourth-order valence-electron chi connectivity index (χ4n) is 4.35. The van der Waals surface area contributed by atoms with Gasteiger partial charge in [0.2, 0.25) is 12.7 Å². The maximum atomic E-state index is 12.7. The van der Waals surface area contributed by atoms with Crippen LogP contribution < -0.4 is 24.8 Å². The number of amides is 2. The van der Waals surface area contributed by atoms with Gasteiger partial charge in [0.05, 0.1) is 6.10 Å². The molecule has 5 rings (SSSR count). The molecule has 1 fully saturated rings. The van der Waals surface area contributed by atoms with E-state index in [1.165, 1.54) is 0 Å². The van der Waals surface area contributed by atoms with Gasteiger partial charge in [0.25, 0.3) is 5.91 Å². The summed E-state index contributed by atoms with van der Waals surface area (Å²) in [5.41, 5.74) is 1.57. The van der Waals surface area contributed by atoms with Gasteiger partial charge in [-0.2, -0.15) is 0 Å². The van der Waals surface area contributed by atoms with Gasteiger partial charge in [-0.15, -0.1) is 0 Å². The van der Waals surface area contributed by atoms with Gasteiger partial charge in [-0.3, -0.25) is 9.59 Å². The summed E-state index contributed by atoms with van der Waals surface area (Å²) in [7, 11) is 0. The van der Waals surface area contributed by atoms with Crippen LogP contribution in [-0.2, 0) is 11.2 Å². The zero-order valence-corrected chi connectivity index (χ0v) is 16.6. The third kappa shape index (κ3) is 3.79. The van der Waals surface area contributed by atoms with Crippen LogP contribution >= 0.6 is 0 Å². The number of carbonyl (C=O) groups excluding carboxylic acids is 2. The maximum Gasteiger partial charge on any atom is 0.252 e. The first kappa shape index (κ1) is 18.8. The number of rotatable bonds is 4. The van der Waals surface area contributed by atoms with Crippen LogP contribution in [0.2, 0.25) is 0 Å². The highest BCUT2D eigenvalue weighted by atomic mass is 16.7. The molecular formula is C23H24N2O5. The van der Waals surface area contributed by atoms with Gasteiger partial charge >= 0.3 is 0 Å². The van der Waals surface area contributed by atoms with Gasteiger partial charge in [0.15, 0.2) is 11.5 Å². The van der Waals surface area contributed by atoms with E-state index in [4.69, 9.17) is 14.2 Å². The molecule has 2 heterocycles. The van der Waals surface area contributed by atoms with Crippen LogP contribution in [0.15, 0.2) is 42.5 Å². The van der Waals surface area contributed by atoms with E-state index in [1.54, 1.807) is 6.07 Å². The normalized spacial score (nSPS) is 24.5. The Balaban J connectivity index is 1.12. The lowest BCUT2D eigenvalue weighted by molar-refractivity contribution is -0.124. The molecule has 0 aromatic heterocycles. The minimum atomic E-state index is -0.519. The van der Waals surface area contributed by atoms with Crippen molar-refractivity contribution in [1.29, 1.82) is 0 Å². The Hall–Kier alpha value is -3.22. The number of hydrogen-bond acceptors (Lipinski definition) is 5. The van der Waals surface area contributed by atoms with Crippen LogP contribution in [0.25, 0.3) is 0 Å². The zero-order chi connectivity index (χ0) is 20.5. The van der Waals surface area contributed by atoms with Crippen molar-refractivity contribution < 1.29 is 23.8 Å². The van der Waals surface area contributed by atoms with Crippen molar-refractivity contribution in [3.8, 4) is 17.2 Å². The first-order valence-corrected chi connectivity index (χ1v) is 10.4. The summed E-state index contributed by atoms with van der Waals surface area (Å²) >= 11 is 0. The molecule has 2 aromatic rings. The lowest BCUT2D eigenvalue weighted by Crippen LogP contribution is -2.53. The summed E-state index contributed by atoms with van der Waals surface area (Å²) in [6, 6.07) is 12.6. The van der Waals surface area contributed by atoms with Crippen molar-refractivity contribution in [3.05, 3.63) is 53.6 Å². The van der Waals surface area contributed by atoms with Crippen LogP contribution in [0.4, 0.5) is 0 Å². The molecule has 2 aliphatic heterocycles. The summed E-state index contributed by atoms with van der Waals surface area (Å²) in [4.78, 5) is 25.0. The van der Waals surface area contributed by atoms with Crippen LogP contribution in [0.1, 0.15) is 41.6 Å². The molecular weight excluding hydrogens is 384 g/mol. The third-order valence-corrected chi connectivity index (χ3v) is 5.98. The smallest absolute Gasteiger partial charge is 0.252 e. The lowest BCUT2D eigenvalue weighted by atomic mass is 9.91. The van der Waals surface area contributed by atoms with E-state index in [2.05, 4.69) is 10.6 Å². The molecule has 0 spiro atoms. The average molecular weight is 408 g/mol. The Kier molecular flexibility index (Phi) is 4.94. The monoisotopic (exact) mass is 408 g/mol. The van der Waals surface area contributed by atoms with Gasteiger partial charge in [0.1, 0.15) is 11.8 Å². The van der Waals surface area contributed by atoms with E-state index in [0.717, 1.165) is 42.7 Å². The Labute approximate surface area is 174 Å². The lowest BCUT2D eigenvalue weighted by Gasteiger charge is -2.31. The molecule has 30 heavy (non-hydrogen) atoms. The van der Waals surface area contributed by atoms with E-state index < -0.39 is 6.04 Å². The van der Waals surface area contributed by atoms with E-state index in [0.29, 0.717) is 17.7 Å². The number of hydrogen-bond donors (Lipinski definition) is 2. The topological polar surface area (TPSA) is 85.9 Å². The molecule has 2 amide bonds. The molecule has 1 unspecified atom stereocenters. The third-order valence-electron chi connectivity index (χ3n) is 5.98. The number of carbonyl (C=O) groups is 2. The van der Waals surface area contributed by atoms with Crippen molar-refractivity contribution in [3.63, 3.8) is 0 Å². The van der Waals surface area contributed by atoms with Crippen LogP contribution in [0.3, 0.4) is 0 Å². The molecule has 7 heteroatoms. The fraction of sp³-hybridized carbons (Fsp3) is 0.391. The summed E-state index contributed by atoms with van der Waals surface area (Å²) < 4.78 is 16.8. The summed E-state index contributed by atoms with van der Waals surface area (Å²) in [6.45, 7) is 0.247. The first-order valence-electron chi connectivity index (χ1n) is 10.4. The molecule has 7 nitrogen and oxygen atoms in total. The Bertz CT molecular complexity index is 968. The molecule has 156 valence electrons. The molecule has 0 bridgehead atoms. The van der Waals surface area contributed by atoms with E-state index in [1.807, 2.05) is 36.4 Å². The largest absolute Gasteiger partial charge is 0.490 e. The van der Waals surface area contributed by atoms with Crippen molar-refractivity contribution in [2.75, 3.05) is 6.79 Å². The molecule has 1 atom stereocenters. The zero-order valence-electron chi connectivity index (χ0n) is 16.6. The van der Waals surface area contributed by atoms with Gasteiger partial charge < -0.3 is 24.8 Å². The minimum Gasteiger partial charge on any atom is -0.490 e. The van der Waals surface area contributed by atoms with E-state index >= 15 is 0 Å². The second kappa shape index (κ2) is 7.89. The predicted molar refractivity (Wildman–Crippen MR) is 109 cm³/mol. The fourth-order valence-corrected chi connectivity index (χ4v) is 4.35. The van der Waals surface area contributed by atoms with Crippen LogP contribution in [-0.4, -0.2) is 36.8 Å². The van der Waals surface area contributed by atoms with Gasteiger partial charge in [-0.05, 0) is 49.4 Å². The molecule has 0 saturated heterocycles. The van der Waals surface area contributed by atoms with Gasteiger partial charge in [-0.1, -0.05) is 18.2 Å².